The molecule has 0 bridgehead atoms. The molecule has 44 valence electrons. The fourth-order valence-electron chi connectivity index (χ4n) is 0.306. The fraction of sp³-hybridized carbons (Fsp3) is 0.333. The molecule has 1 N–H and O–H groups in total. The molecule has 1 aromatic heterocycles. The van der Waals surface area contributed by atoms with Gasteiger partial charge >= 0.3 is 0 Å². The van der Waals surface area contributed by atoms with Crippen LogP contribution in [0.4, 0.5) is 5.13 Å². The van der Waals surface area contributed by atoms with Gasteiger partial charge in [-0.2, -0.15) is 0 Å². The highest BCUT2D eigenvalue weighted by atomic mass is 127. The number of nitrogens with one attached hydrogen (secondary N) is 1. The number of aromatic nitrogens is 2. The van der Waals surface area contributed by atoms with Crippen molar-refractivity contribution < 1.29 is 0 Å². The van der Waals surface area contributed by atoms with E-state index in [1.807, 2.05) is 7.05 Å². The van der Waals surface area contributed by atoms with Crippen LogP contribution in [0.5, 0.6) is 0 Å². The maximum Gasteiger partial charge on any atom is 0.206 e. The highest BCUT2D eigenvalue weighted by Gasteiger charge is 1.94. The Morgan fingerprint density at radius 1 is 1.62 bits per heavy atom. The van der Waals surface area contributed by atoms with Crippen LogP contribution >= 0.6 is 33.9 Å². The third-order valence-electron chi connectivity index (χ3n) is 0.614. The zero-order chi connectivity index (χ0) is 5.98. The van der Waals surface area contributed by atoms with Crippen molar-refractivity contribution in [2.45, 2.75) is 0 Å². The molecule has 0 aliphatic carbocycles. The van der Waals surface area contributed by atoms with Gasteiger partial charge < -0.3 is 5.32 Å². The number of nitrogens with zero attached hydrogens (tertiary/aromatic N) is 2. The monoisotopic (exact) mass is 241 g/mol. The minimum atomic E-state index is 0.870. The van der Waals surface area contributed by atoms with Crippen molar-refractivity contribution in [1.82, 2.24) is 10.2 Å². The van der Waals surface area contributed by atoms with Gasteiger partial charge in [0.1, 0.15) is 0 Å². The molecule has 1 heterocycles. The van der Waals surface area contributed by atoms with Crippen LogP contribution in [0.1, 0.15) is 0 Å². The smallest absolute Gasteiger partial charge is 0.206 e. The largest absolute Gasteiger partial charge is 0.363 e. The summed E-state index contributed by atoms with van der Waals surface area (Å²) in [4.78, 5) is 0. The normalized spacial score (nSPS) is 9.25. The summed E-state index contributed by atoms with van der Waals surface area (Å²) in [5.74, 6) is 0. The quantitative estimate of drug-likeness (QED) is 0.750. The molecule has 1 rings (SSSR count). The summed E-state index contributed by atoms with van der Waals surface area (Å²) >= 11 is 3.67. The van der Waals surface area contributed by atoms with Crippen LogP contribution in [-0.4, -0.2) is 17.2 Å². The Morgan fingerprint density at radius 3 is 2.62 bits per heavy atom. The first-order valence-corrected chi connectivity index (χ1v) is 3.89. The maximum absolute atomic E-state index is 3.78. The number of hydrogen-bond acceptors (Lipinski definition) is 4. The van der Waals surface area contributed by atoms with E-state index < -0.39 is 0 Å². The van der Waals surface area contributed by atoms with E-state index in [9.17, 15) is 0 Å². The molecule has 0 saturated carbocycles. The molecule has 8 heavy (non-hydrogen) atoms. The van der Waals surface area contributed by atoms with E-state index in [0.29, 0.717) is 0 Å². The predicted octanol–water partition coefficient (Wildman–Crippen LogP) is 1.18. The third-order valence-corrected chi connectivity index (χ3v) is 2.22. The molecule has 0 unspecified atom stereocenters. The van der Waals surface area contributed by atoms with Crippen molar-refractivity contribution in [2.24, 2.45) is 0 Å². The van der Waals surface area contributed by atoms with Crippen molar-refractivity contribution in [3.05, 3.63) is 3.01 Å². The predicted molar refractivity (Wildman–Crippen MR) is 42.2 cm³/mol. The third kappa shape index (κ3) is 1.28. The van der Waals surface area contributed by atoms with Gasteiger partial charge in [-0.3, -0.25) is 0 Å². The van der Waals surface area contributed by atoms with Crippen molar-refractivity contribution in [3.8, 4) is 0 Å². The number of rotatable bonds is 1. The SMILES string of the molecule is CNc1nnc(I)s1. The first kappa shape index (κ1) is 6.21. The number of anilines is 1. The number of halogens is 1. The molecule has 0 atom stereocenters. The van der Waals surface area contributed by atoms with Crippen LogP contribution in [-0.2, 0) is 0 Å². The van der Waals surface area contributed by atoms with Crippen molar-refractivity contribution in [2.75, 3.05) is 12.4 Å². The standard InChI is InChI=1S/C3H4IN3S/c1-5-3-7-6-2(4)8-3/h1H3,(H,5,7). The van der Waals surface area contributed by atoms with Gasteiger partial charge in [-0.05, 0) is 22.6 Å². The first-order valence-electron chi connectivity index (χ1n) is 1.99. The molecule has 0 aliphatic heterocycles. The van der Waals surface area contributed by atoms with Crippen LogP contribution in [0, 0.1) is 3.01 Å². The molecule has 5 heteroatoms. The lowest BCUT2D eigenvalue weighted by molar-refractivity contribution is 1.07. The molecule has 0 fully saturated rings. The maximum atomic E-state index is 3.78. The van der Waals surface area contributed by atoms with Crippen LogP contribution < -0.4 is 5.32 Å². The molecule has 0 aromatic carbocycles. The van der Waals surface area contributed by atoms with Gasteiger partial charge in [0.2, 0.25) is 5.13 Å². The van der Waals surface area contributed by atoms with Gasteiger partial charge in [0.15, 0.2) is 3.01 Å². The summed E-state index contributed by atoms with van der Waals surface area (Å²) in [6.45, 7) is 0. The lowest BCUT2D eigenvalue weighted by Gasteiger charge is -1.82. The average Bonchev–Trinajstić information content (AvgIpc) is 2.14. The highest BCUT2D eigenvalue weighted by Crippen LogP contribution is 2.14. The second-order valence-corrected chi connectivity index (χ2v) is 3.84. The van der Waals surface area contributed by atoms with Gasteiger partial charge in [-0.1, -0.05) is 11.3 Å². The van der Waals surface area contributed by atoms with Crippen molar-refractivity contribution in [1.29, 1.82) is 0 Å². The lowest BCUT2D eigenvalue weighted by atomic mass is 11.1. The van der Waals surface area contributed by atoms with Gasteiger partial charge in [0.25, 0.3) is 0 Å². The summed E-state index contributed by atoms with van der Waals surface area (Å²) < 4.78 is 0.965. The van der Waals surface area contributed by atoms with Gasteiger partial charge in [-0.25, -0.2) is 0 Å². The summed E-state index contributed by atoms with van der Waals surface area (Å²) in [5.41, 5.74) is 0. The van der Waals surface area contributed by atoms with E-state index in [1.54, 1.807) is 11.3 Å². The van der Waals surface area contributed by atoms with E-state index in [1.165, 1.54) is 0 Å². The molecular formula is C3H4IN3S. The van der Waals surface area contributed by atoms with E-state index in [4.69, 9.17) is 0 Å². The zero-order valence-electron chi connectivity index (χ0n) is 4.18. The van der Waals surface area contributed by atoms with Gasteiger partial charge in [0.05, 0.1) is 0 Å². The topological polar surface area (TPSA) is 37.8 Å². The molecule has 0 amide bonds. The Balaban J connectivity index is 2.84. The minimum Gasteiger partial charge on any atom is -0.363 e. The Labute approximate surface area is 64.7 Å². The van der Waals surface area contributed by atoms with Crippen molar-refractivity contribution >= 4 is 39.1 Å². The molecule has 0 saturated heterocycles. The Hall–Kier alpha value is 0.0900. The minimum absolute atomic E-state index is 0.870. The molecular weight excluding hydrogens is 237 g/mol. The molecule has 0 radical (unpaired) electrons. The lowest BCUT2D eigenvalue weighted by Crippen LogP contribution is -1.84. The Kier molecular flexibility index (Phi) is 2.01. The van der Waals surface area contributed by atoms with Crippen molar-refractivity contribution in [3.63, 3.8) is 0 Å². The number of hydrogen-bond donors (Lipinski definition) is 1. The van der Waals surface area contributed by atoms with E-state index in [2.05, 4.69) is 38.1 Å². The van der Waals surface area contributed by atoms with Crippen LogP contribution in [0.3, 0.4) is 0 Å². The van der Waals surface area contributed by atoms with Crippen LogP contribution in [0.15, 0.2) is 0 Å². The summed E-state index contributed by atoms with van der Waals surface area (Å²) in [6.07, 6.45) is 0. The summed E-state index contributed by atoms with van der Waals surface area (Å²) in [6, 6.07) is 0. The van der Waals surface area contributed by atoms with Crippen LogP contribution in [0.25, 0.3) is 0 Å². The molecule has 0 aliphatic rings. The average molecular weight is 241 g/mol. The second kappa shape index (κ2) is 2.58. The first-order chi connectivity index (χ1) is 3.83. The Morgan fingerprint density at radius 2 is 2.38 bits per heavy atom. The fourth-order valence-corrected chi connectivity index (χ4v) is 1.46. The molecule has 3 nitrogen and oxygen atoms in total. The molecule has 1 aromatic rings. The summed E-state index contributed by atoms with van der Waals surface area (Å²) in [5, 5.41) is 11.3. The second-order valence-electron chi connectivity index (χ2n) is 1.11. The van der Waals surface area contributed by atoms with Gasteiger partial charge in [0, 0.05) is 7.05 Å². The summed E-state index contributed by atoms with van der Waals surface area (Å²) in [7, 11) is 1.83. The van der Waals surface area contributed by atoms with Gasteiger partial charge in [-0.15, -0.1) is 10.2 Å². The van der Waals surface area contributed by atoms with Crippen LogP contribution in [0.2, 0.25) is 0 Å². The van der Waals surface area contributed by atoms with E-state index in [0.717, 1.165) is 8.15 Å². The van der Waals surface area contributed by atoms with E-state index in [-0.39, 0.29) is 0 Å². The Bertz CT molecular complexity index is 175. The molecule has 0 spiro atoms. The highest BCUT2D eigenvalue weighted by molar-refractivity contribution is 14.1. The van der Waals surface area contributed by atoms with E-state index >= 15 is 0 Å². The zero-order valence-corrected chi connectivity index (χ0v) is 7.15.